The minimum absolute atomic E-state index is 0.0657. The molecule has 0 saturated carbocycles. The first-order chi connectivity index (χ1) is 14.7. The van der Waals surface area contributed by atoms with Crippen LogP contribution in [-0.4, -0.2) is 47.2 Å². The minimum Gasteiger partial charge on any atom is -0.493 e. The van der Waals surface area contributed by atoms with Crippen molar-refractivity contribution in [1.82, 2.24) is 9.62 Å². The molecule has 1 aliphatic heterocycles. The zero-order valence-corrected chi connectivity index (χ0v) is 18.2. The summed E-state index contributed by atoms with van der Waals surface area (Å²) in [5, 5.41) is 0. The van der Waals surface area contributed by atoms with Gasteiger partial charge in [0, 0.05) is 25.7 Å². The second-order valence-electron chi connectivity index (χ2n) is 7.30. The molecule has 2 aromatic rings. The number of fused-ring (bicyclic) bond motifs is 1. The maximum atomic E-state index is 13.7. The Balaban J connectivity index is 1.49. The van der Waals surface area contributed by atoms with Crippen LogP contribution in [0.5, 0.6) is 11.5 Å². The summed E-state index contributed by atoms with van der Waals surface area (Å²) in [7, 11) is -1.06. The van der Waals surface area contributed by atoms with E-state index in [2.05, 4.69) is 9.62 Å². The summed E-state index contributed by atoms with van der Waals surface area (Å²) >= 11 is 0. The molecule has 2 aromatic carbocycles. The lowest BCUT2D eigenvalue weighted by Crippen LogP contribution is -2.32. The molecular formula is C21H25F3N2O4S. The Morgan fingerprint density at radius 3 is 2.26 bits per heavy atom. The van der Waals surface area contributed by atoms with E-state index in [1.54, 1.807) is 14.2 Å². The molecule has 1 heterocycles. The van der Waals surface area contributed by atoms with Crippen molar-refractivity contribution in [3.63, 3.8) is 0 Å². The Hall–Kier alpha value is -2.30. The molecule has 10 heteroatoms. The van der Waals surface area contributed by atoms with Crippen molar-refractivity contribution >= 4 is 10.0 Å². The van der Waals surface area contributed by atoms with Gasteiger partial charge in [-0.2, -0.15) is 0 Å². The molecule has 0 atom stereocenters. The Labute approximate surface area is 180 Å². The molecule has 170 valence electrons. The van der Waals surface area contributed by atoms with Crippen LogP contribution in [0.3, 0.4) is 0 Å². The van der Waals surface area contributed by atoms with Gasteiger partial charge in [0.25, 0.3) is 0 Å². The van der Waals surface area contributed by atoms with Gasteiger partial charge in [0.1, 0.15) is 10.7 Å². The van der Waals surface area contributed by atoms with Crippen molar-refractivity contribution in [3.05, 3.63) is 52.8 Å². The Bertz CT molecular complexity index is 1050. The third-order valence-electron chi connectivity index (χ3n) is 5.25. The second kappa shape index (κ2) is 9.88. The number of hydrogen-bond donors (Lipinski definition) is 1. The van der Waals surface area contributed by atoms with E-state index < -0.39 is 32.4 Å². The fourth-order valence-electron chi connectivity index (χ4n) is 3.59. The summed E-state index contributed by atoms with van der Waals surface area (Å²) < 4.78 is 77.3. The van der Waals surface area contributed by atoms with E-state index in [0.717, 1.165) is 26.1 Å². The fourth-order valence-corrected chi connectivity index (χ4v) is 4.73. The number of methoxy groups -OCH3 is 2. The highest BCUT2D eigenvalue weighted by atomic mass is 32.2. The highest BCUT2D eigenvalue weighted by molar-refractivity contribution is 7.89. The number of nitrogens with zero attached hydrogens (tertiary/aromatic N) is 1. The number of benzene rings is 2. The smallest absolute Gasteiger partial charge is 0.243 e. The zero-order valence-electron chi connectivity index (χ0n) is 17.4. The predicted octanol–water partition coefficient (Wildman–Crippen LogP) is 3.24. The van der Waals surface area contributed by atoms with Crippen LogP contribution in [0, 0.1) is 17.5 Å². The van der Waals surface area contributed by atoms with Gasteiger partial charge < -0.3 is 9.47 Å². The number of sulfonamides is 1. The molecule has 0 unspecified atom stereocenters. The van der Waals surface area contributed by atoms with Gasteiger partial charge in [-0.25, -0.2) is 26.3 Å². The number of rotatable bonds is 9. The van der Waals surface area contributed by atoms with Gasteiger partial charge in [-0.15, -0.1) is 0 Å². The predicted molar refractivity (Wildman–Crippen MR) is 109 cm³/mol. The van der Waals surface area contributed by atoms with Crippen LogP contribution in [0.25, 0.3) is 0 Å². The van der Waals surface area contributed by atoms with Crippen LogP contribution >= 0.6 is 0 Å². The number of halogens is 3. The van der Waals surface area contributed by atoms with Crippen molar-refractivity contribution < 1.29 is 31.1 Å². The molecule has 0 bridgehead atoms. The molecule has 0 saturated heterocycles. The van der Waals surface area contributed by atoms with Crippen molar-refractivity contribution in [2.75, 3.05) is 33.9 Å². The summed E-state index contributed by atoms with van der Waals surface area (Å²) in [6, 6.07) is 4.55. The first-order valence-corrected chi connectivity index (χ1v) is 11.3. The SMILES string of the molecule is COc1cc2c(cc1OC)CN(CCCCNS(=O)(=O)c1cc(F)c(F)cc1F)CC2. The molecule has 1 N–H and O–H groups in total. The molecule has 0 radical (unpaired) electrons. The van der Waals surface area contributed by atoms with E-state index in [1.165, 1.54) is 11.1 Å². The van der Waals surface area contributed by atoms with Gasteiger partial charge >= 0.3 is 0 Å². The van der Waals surface area contributed by atoms with Gasteiger partial charge in [0.15, 0.2) is 23.1 Å². The molecule has 1 aliphatic rings. The minimum atomic E-state index is -4.26. The lowest BCUT2D eigenvalue weighted by Gasteiger charge is -2.29. The highest BCUT2D eigenvalue weighted by Gasteiger charge is 2.22. The third-order valence-corrected chi connectivity index (χ3v) is 6.73. The second-order valence-corrected chi connectivity index (χ2v) is 9.04. The fraction of sp³-hybridized carbons (Fsp3) is 0.429. The van der Waals surface area contributed by atoms with E-state index in [4.69, 9.17) is 9.47 Å². The molecule has 0 fully saturated rings. The Kier molecular flexibility index (Phi) is 7.45. The standard InChI is InChI=1S/C21H25F3N2O4S/c1-29-19-9-14-5-8-26(13-15(14)10-20(19)30-2)7-4-3-6-25-31(27,28)21-12-17(23)16(22)11-18(21)24/h9-12,25H,3-8,13H2,1-2H3. The van der Waals surface area contributed by atoms with Crippen molar-refractivity contribution in [1.29, 1.82) is 0 Å². The molecular weight excluding hydrogens is 433 g/mol. The summed E-state index contributed by atoms with van der Waals surface area (Å²) in [6.45, 7) is 2.45. The molecule has 3 rings (SSSR count). The molecule has 31 heavy (non-hydrogen) atoms. The summed E-state index contributed by atoms with van der Waals surface area (Å²) in [6.07, 6.45) is 2.10. The monoisotopic (exact) mass is 458 g/mol. The van der Waals surface area contributed by atoms with Crippen molar-refractivity contribution in [2.24, 2.45) is 0 Å². The number of hydrogen-bond acceptors (Lipinski definition) is 5. The Morgan fingerprint density at radius 2 is 1.58 bits per heavy atom. The van der Waals surface area contributed by atoms with Crippen LogP contribution in [0.15, 0.2) is 29.2 Å². The van der Waals surface area contributed by atoms with Gasteiger partial charge in [0.2, 0.25) is 10.0 Å². The molecule has 6 nitrogen and oxygen atoms in total. The average Bonchev–Trinajstić information content (AvgIpc) is 2.74. The highest BCUT2D eigenvalue weighted by Crippen LogP contribution is 2.33. The van der Waals surface area contributed by atoms with Gasteiger partial charge in [-0.1, -0.05) is 0 Å². The van der Waals surface area contributed by atoms with E-state index in [1.807, 2.05) is 12.1 Å². The quantitative estimate of drug-likeness (QED) is 0.462. The summed E-state index contributed by atoms with van der Waals surface area (Å²) in [5.41, 5.74) is 2.38. The first-order valence-electron chi connectivity index (χ1n) is 9.85. The van der Waals surface area contributed by atoms with Crippen LogP contribution in [0.4, 0.5) is 13.2 Å². The molecule has 0 spiro atoms. The Morgan fingerprint density at radius 1 is 0.935 bits per heavy atom. The van der Waals surface area contributed by atoms with Crippen LogP contribution in [0.1, 0.15) is 24.0 Å². The zero-order chi connectivity index (χ0) is 22.6. The van der Waals surface area contributed by atoms with Gasteiger partial charge in [-0.05, 0) is 55.1 Å². The van der Waals surface area contributed by atoms with Crippen LogP contribution in [0.2, 0.25) is 0 Å². The molecule has 0 aliphatic carbocycles. The largest absolute Gasteiger partial charge is 0.493 e. The maximum absolute atomic E-state index is 13.7. The summed E-state index contributed by atoms with van der Waals surface area (Å²) in [4.78, 5) is 1.36. The third kappa shape index (κ3) is 5.50. The molecule has 0 amide bonds. The average molecular weight is 459 g/mol. The maximum Gasteiger partial charge on any atom is 0.243 e. The summed E-state index contributed by atoms with van der Waals surface area (Å²) in [5.74, 6) is -2.79. The normalized spacial score (nSPS) is 14.4. The van der Waals surface area contributed by atoms with E-state index >= 15 is 0 Å². The first kappa shape index (κ1) is 23.4. The van der Waals surface area contributed by atoms with E-state index in [-0.39, 0.29) is 12.6 Å². The van der Waals surface area contributed by atoms with E-state index in [9.17, 15) is 21.6 Å². The molecule has 0 aromatic heterocycles. The van der Waals surface area contributed by atoms with Crippen molar-refractivity contribution in [2.45, 2.75) is 30.7 Å². The lowest BCUT2D eigenvalue weighted by atomic mass is 9.98. The van der Waals surface area contributed by atoms with E-state index in [0.29, 0.717) is 30.4 Å². The van der Waals surface area contributed by atoms with Crippen LogP contribution in [-0.2, 0) is 23.0 Å². The number of unbranched alkanes of at least 4 members (excludes halogenated alkanes) is 1. The van der Waals surface area contributed by atoms with Crippen LogP contribution < -0.4 is 14.2 Å². The van der Waals surface area contributed by atoms with Gasteiger partial charge in [0.05, 0.1) is 14.2 Å². The lowest BCUT2D eigenvalue weighted by molar-refractivity contribution is 0.248. The number of ether oxygens (including phenoxy) is 2. The van der Waals surface area contributed by atoms with Gasteiger partial charge in [-0.3, -0.25) is 4.90 Å². The van der Waals surface area contributed by atoms with Crippen molar-refractivity contribution in [3.8, 4) is 11.5 Å². The number of nitrogens with one attached hydrogen (secondary N) is 1. The topological polar surface area (TPSA) is 67.9 Å².